The van der Waals surface area contributed by atoms with E-state index in [2.05, 4.69) is 4.99 Å². The number of phenolic OH excluding ortho intramolecular Hbond substituents is 1. The number of aliphatic imine (C=N–C) groups is 1. The van der Waals surface area contributed by atoms with Crippen molar-refractivity contribution in [1.29, 1.82) is 0 Å². The molecule has 0 saturated carbocycles. The smallest absolute Gasteiger partial charge is 0.301 e. The molecule has 0 aromatic heterocycles. The molecule has 8 nitrogen and oxygen atoms in total. The van der Waals surface area contributed by atoms with Crippen molar-refractivity contribution in [2.75, 3.05) is 0 Å². The normalized spacial score (nSPS) is 10.7. The summed E-state index contributed by atoms with van der Waals surface area (Å²) in [4.78, 5) is 24.0. The Morgan fingerprint density at radius 2 is 1.81 bits per heavy atom. The van der Waals surface area contributed by atoms with Crippen LogP contribution in [0.15, 0.2) is 47.5 Å². The first-order valence-electron chi connectivity index (χ1n) is 5.73. The first-order chi connectivity index (χ1) is 9.97. The minimum absolute atomic E-state index is 0.00561. The molecule has 106 valence electrons. The van der Waals surface area contributed by atoms with Crippen LogP contribution in [-0.4, -0.2) is 21.2 Å². The Morgan fingerprint density at radius 1 is 1.05 bits per heavy atom. The number of hydrogen-bond donors (Lipinski definition) is 1. The van der Waals surface area contributed by atoms with Crippen LogP contribution in [0, 0.1) is 20.2 Å². The van der Waals surface area contributed by atoms with E-state index >= 15 is 0 Å². The number of nitro benzene ring substituents is 2. The molecule has 0 heterocycles. The van der Waals surface area contributed by atoms with Gasteiger partial charge in [-0.3, -0.25) is 20.2 Å². The lowest BCUT2D eigenvalue weighted by atomic mass is 10.2. The molecule has 0 fully saturated rings. The number of phenols is 1. The van der Waals surface area contributed by atoms with E-state index in [0.717, 1.165) is 12.1 Å². The average molecular weight is 287 g/mol. The van der Waals surface area contributed by atoms with Crippen molar-refractivity contribution in [1.82, 2.24) is 0 Å². The summed E-state index contributed by atoms with van der Waals surface area (Å²) >= 11 is 0. The molecule has 0 saturated heterocycles. The van der Waals surface area contributed by atoms with Gasteiger partial charge in [0.1, 0.15) is 11.4 Å². The van der Waals surface area contributed by atoms with Gasteiger partial charge in [0.25, 0.3) is 5.69 Å². The number of aromatic hydroxyl groups is 1. The van der Waals surface area contributed by atoms with Crippen LogP contribution in [0.2, 0.25) is 0 Å². The van der Waals surface area contributed by atoms with Crippen molar-refractivity contribution in [3.8, 4) is 5.75 Å². The number of non-ortho nitro benzene ring substituents is 1. The minimum atomic E-state index is -0.734. The van der Waals surface area contributed by atoms with Gasteiger partial charge in [-0.1, -0.05) is 12.1 Å². The first-order valence-corrected chi connectivity index (χ1v) is 5.73. The van der Waals surface area contributed by atoms with Gasteiger partial charge in [-0.15, -0.1) is 0 Å². The topological polar surface area (TPSA) is 119 Å². The van der Waals surface area contributed by atoms with Gasteiger partial charge in [-0.25, -0.2) is 4.99 Å². The van der Waals surface area contributed by atoms with Crippen molar-refractivity contribution in [3.05, 3.63) is 68.3 Å². The second-order valence-electron chi connectivity index (χ2n) is 4.04. The predicted molar refractivity (Wildman–Crippen MR) is 75.1 cm³/mol. The zero-order valence-corrected chi connectivity index (χ0v) is 10.5. The van der Waals surface area contributed by atoms with Crippen LogP contribution in [0.5, 0.6) is 5.75 Å². The molecular formula is C13H9N3O5. The fraction of sp³-hybridized carbons (Fsp3) is 0. The molecule has 2 aromatic carbocycles. The second-order valence-corrected chi connectivity index (χ2v) is 4.04. The van der Waals surface area contributed by atoms with Crippen molar-refractivity contribution >= 4 is 23.3 Å². The summed E-state index contributed by atoms with van der Waals surface area (Å²) in [6.07, 6.45) is 1.33. The molecule has 0 atom stereocenters. The summed E-state index contributed by atoms with van der Waals surface area (Å²) < 4.78 is 0. The van der Waals surface area contributed by atoms with Crippen LogP contribution in [0.1, 0.15) is 5.56 Å². The number of benzene rings is 2. The molecule has 0 bridgehead atoms. The van der Waals surface area contributed by atoms with E-state index in [1.807, 2.05) is 0 Å². The fourth-order valence-electron chi connectivity index (χ4n) is 1.63. The lowest BCUT2D eigenvalue weighted by Crippen LogP contribution is -1.93. The van der Waals surface area contributed by atoms with Crippen LogP contribution in [0.4, 0.5) is 17.1 Å². The van der Waals surface area contributed by atoms with Gasteiger partial charge in [0.2, 0.25) is 0 Å². The summed E-state index contributed by atoms with van der Waals surface area (Å²) in [5, 5.41) is 30.9. The second kappa shape index (κ2) is 5.78. The Kier molecular flexibility index (Phi) is 3.89. The standard InChI is InChI=1S/C13H9N3O5/c17-11-3-1-2-9(6-11)8-14-12-5-4-10(15(18)19)7-13(12)16(20)21/h1-8,17H. The maximum absolute atomic E-state index is 10.9. The third-order valence-electron chi connectivity index (χ3n) is 2.59. The number of hydrogen-bond acceptors (Lipinski definition) is 6. The summed E-state index contributed by atoms with van der Waals surface area (Å²) in [5.41, 5.74) is -0.296. The van der Waals surface area contributed by atoms with Gasteiger partial charge in [-0.05, 0) is 23.8 Å². The highest BCUT2D eigenvalue weighted by atomic mass is 16.6. The van der Waals surface area contributed by atoms with Crippen molar-refractivity contribution in [2.24, 2.45) is 4.99 Å². The van der Waals surface area contributed by atoms with Crippen LogP contribution < -0.4 is 0 Å². The van der Waals surface area contributed by atoms with E-state index in [0.29, 0.717) is 5.56 Å². The molecule has 0 spiro atoms. The Balaban J connectivity index is 2.39. The molecule has 2 aromatic rings. The maximum Gasteiger partial charge on any atom is 0.301 e. The quantitative estimate of drug-likeness (QED) is 0.526. The fourth-order valence-corrected chi connectivity index (χ4v) is 1.63. The zero-order chi connectivity index (χ0) is 15.4. The Bertz CT molecular complexity index is 742. The number of nitro groups is 2. The third-order valence-corrected chi connectivity index (χ3v) is 2.59. The monoisotopic (exact) mass is 287 g/mol. The summed E-state index contributed by atoms with van der Waals surface area (Å²) in [6, 6.07) is 9.36. The lowest BCUT2D eigenvalue weighted by Gasteiger charge is -1.98. The highest BCUT2D eigenvalue weighted by Crippen LogP contribution is 2.31. The Hall–Kier alpha value is -3.29. The Morgan fingerprint density at radius 3 is 2.43 bits per heavy atom. The van der Waals surface area contributed by atoms with E-state index < -0.39 is 15.5 Å². The summed E-state index contributed by atoms with van der Waals surface area (Å²) in [6.45, 7) is 0. The molecule has 0 aliphatic carbocycles. The number of nitrogens with zero attached hydrogens (tertiary/aromatic N) is 3. The SMILES string of the molecule is O=[N+]([O-])c1ccc(N=Cc2cccc(O)c2)c([N+](=O)[O-])c1. The molecule has 1 N–H and O–H groups in total. The zero-order valence-electron chi connectivity index (χ0n) is 10.5. The van der Waals surface area contributed by atoms with Gasteiger partial charge in [0, 0.05) is 12.3 Å². The van der Waals surface area contributed by atoms with Crippen LogP contribution >= 0.6 is 0 Å². The van der Waals surface area contributed by atoms with Crippen LogP contribution in [0.25, 0.3) is 0 Å². The molecule has 0 amide bonds. The van der Waals surface area contributed by atoms with E-state index in [-0.39, 0.29) is 17.1 Å². The largest absolute Gasteiger partial charge is 0.508 e. The van der Waals surface area contributed by atoms with Crippen LogP contribution in [0.3, 0.4) is 0 Å². The molecule has 21 heavy (non-hydrogen) atoms. The molecule has 8 heteroatoms. The van der Waals surface area contributed by atoms with Crippen molar-refractivity contribution in [3.63, 3.8) is 0 Å². The van der Waals surface area contributed by atoms with Gasteiger partial charge in [0.05, 0.1) is 15.9 Å². The van der Waals surface area contributed by atoms with Crippen LogP contribution in [-0.2, 0) is 0 Å². The van der Waals surface area contributed by atoms with E-state index in [1.165, 1.54) is 24.4 Å². The molecule has 0 aliphatic heterocycles. The van der Waals surface area contributed by atoms with Crippen molar-refractivity contribution < 1.29 is 15.0 Å². The average Bonchev–Trinajstić information content (AvgIpc) is 2.44. The van der Waals surface area contributed by atoms with E-state index in [1.54, 1.807) is 12.1 Å². The van der Waals surface area contributed by atoms with Gasteiger partial charge in [-0.2, -0.15) is 0 Å². The highest BCUT2D eigenvalue weighted by molar-refractivity contribution is 5.84. The maximum atomic E-state index is 10.9. The molecule has 0 aliphatic rings. The Labute approximate surface area is 118 Å². The molecule has 2 rings (SSSR count). The van der Waals surface area contributed by atoms with E-state index in [9.17, 15) is 25.3 Å². The van der Waals surface area contributed by atoms with Gasteiger partial charge in [0.15, 0.2) is 0 Å². The summed E-state index contributed by atoms with van der Waals surface area (Å²) in [7, 11) is 0. The highest BCUT2D eigenvalue weighted by Gasteiger charge is 2.18. The molecule has 0 unspecified atom stereocenters. The molecular weight excluding hydrogens is 278 g/mol. The van der Waals surface area contributed by atoms with Gasteiger partial charge >= 0.3 is 5.69 Å². The van der Waals surface area contributed by atoms with E-state index in [4.69, 9.17) is 0 Å². The third kappa shape index (κ3) is 3.38. The molecule has 0 radical (unpaired) electrons. The summed E-state index contributed by atoms with van der Waals surface area (Å²) in [5.74, 6) is 0.0390. The number of rotatable bonds is 4. The minimum Gasteiger partial charge on any atom is -0.508 e. The first kappa shape index (κ1) is 14.1. The predicted octanol–water partition coefficient (Wildman–Crippen LogP) is 2.96. The van der Waals surface area contributed by atoms with Gasteiger partial charge < -0.3 is 5.11 Å². The lowest BCUT2D eigenvalue weighted by molar-refractivity contribution is -0.393. The van der Waals surface area contributed by atoms with Crippen molar-refractivity contribution in [2.45, 2.75) is 0 Å².